The third kappa shape index (κ3) is 3.74. The lowest BCUT2D eigenvalue weighted by Crippen LogP contribution is -2.45. The van der Waals surface area contributed by atoms with E-state index in [-0.39, 0.29) is 17.2 Å². The molecule has 1 amide bonds. The third-order valence-corrected chi connectivity index (χ3v) is 5.43. The van der Waals surface area contributed by atoms with Gasteiger partial charge in [0.15, 0.2) is 0 Å². The first-order chi connectivity index (χ1) is 10.9. The fraction of sp³-hybridized carbons (Fsp3) is 0.579. The van der Waals surface area contributed by atoms with E-state index in [9.17, 15) is 9.59 Å². The Labute approximate surface area is 138 Å². The number of amides is 1. The quantitative estimate of drug-likeness (QED) is 0.875. The second-order valence-electron chi connectivity index (χ2n) is 7.02. The summed E-state index contributed by atoms with van der Waals surface area (Å²) in [6, 6.07) is 9.73. The number of hydrogen-bond acceptors (Lipinski definition) is 2. The van der Waals surface area contributed by atoms with Crippen molar-refractivity contribution in [3.8, 4) is 0 Å². The van der Waals surface area contributed by atoms with Gasteiger partial charge in [-0.25, -0.2) is 0 Å². The summed E-state index contributed by atoms with van der Waals surface area (Å²) in [5, 5.41) is 11.5. The van der Waals surface area contributed by atoms with Crippen LogP contribution in [0, 0.1) is 11.8 Å². The minimum absolute atomic E-state index is 0.0765. The first kappa shape index (κ1) is 17.5. The molecule has 0 radical (unpaired) electrons. The normalized spacial score (nSPS) is 25.8. The van der Waals surface area contributed by atoms with Gasteiger partial charge in [-0.1, -0.05) is 44.2 Å². The van der Waals surface area contributed by atoms with Gasteiger partial charge >= 0.3 is 5.97 Å². The molecule has 2 N–H and O–H groups in total. The molecule has 1 aromatic rings. The SMILES string of the molecule is CC(C)C1(c2ccccc2)CCC(C(=O)N[C@@H](C)C(=O)O)CC1. The van der Waals surface area contributed by atoms with E-state index in [1.807, 2.05) is 6.07 Å². The summed E-state index contributed by atoms with van der Waals surface area (Å²) < 4.78 is 0. The minimum atomic E-state index is -0.991. The summed E-state index contributed by atoms with van der Waals surface area (Å²) in [7, 11) is 0. The van der Waals surface area contributed by atoms with Crippen molar-refractivity contribution in [1.82, 2.24) is 5.32 Å². The van der Waals surface area contributed by atoms with Crippen LogP contribution in [0.3, 0.4) is 0 Å². The molecule has 23 heavy (non-hydrogen) atoms. The predicted octanol–water partition coefficient (Wildman–Crippen LogP) is 3.36. The fourth-order valence-electron chi connectivity index (χ4n) is 3.76. The summed E-state index contributed by atoms with van der Waals surface area (Å²) >= 11 is 0. The zero-order valence-electron chi connectivity index (χ0n) is 14.2. The summed E-state index contributed by atoms with van der Waals surface area (Å²) in [5.74, 6) is -0.681. The molecular formula is C19H27NO3. The highest BCUT2D eigenvalue weighted by Gasteiger charge is 2.41. The second-order valence-corrected chi connectivity index (χ2v) is 7.02. The van der Waals surface area contributed by atoms with Crippen LogP contribution in [0.25, 0.3) is 0 Å². The highest BCUT2D eigenvalue weighted by Crippen LogP contribution is 2.46. The van der Waals surface area contributed by atoms with Gasteiger partial charge in [0.1, 0.15) is 6.04 Å². The predicted molar refractivity (Wildman–Crippen MR) is 90.2 cm³/mol. The van der Waals surface area contributed by atoms with Crippen LogP contribution in [-0.4, -0.2) is 23.0 Å². The average Bonchev–Trinajstić information content (AvgIpc) is 2.55. The monoisotopic (exact) mass is 317 g/mol. The van der Waals surface area contributed by atoms with Crippen molar-refractivity contribution >= 4 is 11.9 Å². The highest BCUT2D eigenvalue weighted by atomic mass is 16.4. The lowest BCUT2D eigenvalue weighted by molar-refractivity contribution is -0.142. The topological polar surface area (TPSA) is 66.4 Å². The smallest absolute Gasteiger partial charge is 0.325 e. The lowest BCUT2D eigenvalue weighted by Gasteiger charge is -2.43. The number of aliphatic carboxylic acids is 1. The van der Waals surface area contributed by atoms with E-state index in [1.54, 1.807) is 0 Å². The molecule has 126 valence electrons. The summed E-state index contributed by atoms with van der Waals surface area (Å²) in [5.41, 5.74) is 1.48. The lowest BCUT2D eigenvalue weighted by atomic mass is 9.61. The maximum atomic E-state index is 12.3. The molecule has 1 aliphatic rings. The van der Waals surface area contributed by atoms with E-state index in [2.05, 4.69) is 43.4 Å². The molecule has 0 spiro atoms. The Morgan fingerprint density at radius 2 is 1.70 bits per heavy atom. The van der Waals surface area contributed by atoms with Crippen molar-refractivity contribution in [3.05, 3.63) is 35.9 Å². The van der Waals surface area contributed by atoms with Crippen LogP contribution in [0.15, 0.2) is 30.3 Å². The Morgan fingerprint density at radius 3 is 2.17 bits per heavy atom. The summed E-state index contributed by atoms with van der Waals surface area (Å²) in [4.78, 5) is 23.1. The molecule has 4 nitrogen and oxygen atoms in total. The van der Waals surface area contributed by atoms with Gasteiger partial charge in [-0.3, -0.25) is 9.59 Å². The van der Waals surface area contributed by atoms with E-state index in [4.69, 9.17) is 5.11 Å². The first-order valence-corrected chi connectivity index (χ1v) is 8.45. The molecule has 1 aromatic carbocycles. The molecule has 0 heterocycles. The standard InChI is InChI=1S/C19H27NO3/c1-13(2)19(16-7-5-4-6-8-16)11-9-15(10-12-19)17(21)20-14(3)18(22)23/h4-8,13-15H,9-12H2,1-3H3,(H,20,21)(H,22,23)/t14-,15?,19?/m0/s1. The molecule has 1 fully saturated rings. The van der Waals surface area contributed by atoms with E-state index >= 15 is 0 Å². The molecule has 0 aliphatic heterocycles. The van der Waals surface area contributed by atoms with Crippen molar-refractivity contribution < 1.29 is 14.7 Å². The minimum Gasteiger partial charge on any atom is -0.480 e. The number of carboxylic acid groups (broad SMARTS) is 1. The number of carbonyl (C=O) groups is 2. The number of benzene rings is 1. The molecule has 1 aliphatic carbocycles. The highest BCUT2D eigenvalue weighted by molar-refractivity contribution is 5.84. The fourth-order valence-corrected chi connectivity index (χ4v) is 3.76. The van der Waals surface area contributed by atoms with Crippen LogP contribution in [-0.2, 0) is 15.0 Å². The Morgan fingerprint density at radius 1 is 1.13 bits per heavy atom. The van der Waals surface area contributed by atoms with E-state index in [0.717, 1.165) is 25.7 Å². The summed E-state index contributed by atoms with van der Waals surface area (Å²) in [6.07, 6.45) is 3.55. The van der Waals surface area contributed by atoms with Crippen molar-refractivity contribution in [2.75, 3.05) is 0 Å². The van der Waals surface area contributed by atoms with Gasteiger partial charge in [0, 0.05) is 5.92 Å². The Bertz CT molecular complexity index is 545. The van der Waals surface area contributed by atoms with Crippen LogP contribution in [0.5, 0.6) is 0 Å². The molecule has 1 atom stereocenters. The number of hydrogen-bond donors (Lipinski definition) is 2. The van der Waals surface area contributed by atoms with Gasteiger partial charge in [-0.2, -0.15) is 0 Å². The van der Waals surface area contributed by atoms with Gasteiger partial charge in [0.2, 0.25) is 5.91 Å². The zero-order valence-corrected chi connectivity index (χ0v) is 14.2. The van der Waals surface area contributed by atoms with Crippen LogP contribution in [0.1, 0.15) is 52.0 Å². The molecule has 0 bridgehead atoms. The average molecular weight is 317 g/mol. The zero-order chi connectivity index (χ0) is 17.0. The van der Waals surface area contributed by atoms with Crippen molar-refractivity contribution in [2.45, 2.75) is 57.9 Å². The second kappa shape index (κ2) is 7.16. The van der Waals surface area contributed by atoms with Crippen LogP contribution in [0.4, 0.5) is 0 Å². The van der Waals surface area contributed by atoms with E-state index in [0.29, 0.717) is 5.92 Å². The van der Waals surface area contributed by atoms with Crippen molar-refractivity contribution in [2.24, 2.45) is 11.8 Å². The number of rotatable bonds is 5. The van der Waals surface area contributed by atoms with Gasteiger partial charge in [-0.05, 0) is 49.5 Å². The van der Waals surface area contributed by atoms with Crippen LogP contribution in [0.2, 0.25) is 0 Å². The number of carboxylic acids is 1. The van der Waals surface area contributed by atoms with Crippen molar-refractivity contribution in [3.63, 3.8) is 0 Å². The largest absolute Gasteiger partial charge is 0.480 e. The Hall–Kier alpha value is -1.84. The first-order valence-electron chi connectivity index (χ1n) is 8.45. The number of carbonyl (C=O) groups excluding carboxylic acids is 1. The molecule has 0 unspecified atom stereocenters. The molecule has 4 heteroatoms. The number of nitrogens with one attached hydrogen (secondary N) is 1. The van der Waals surface area contributed by atoms with E-state index < -0.39 is 12.0 Å². The molecular weight excluding hydrogens is 290 g/mol. The van der Waals surface area contributed by atoms with Crippen LogP contribution < -0.4 is 5.32 Å². The van der Waals surface area contributed by atoms with Crippen LogP contribution >= 0.6 is 0 Å². The van der Waals surface area contributed by atoms with Gasteiger partial charge in [-0.15, -0.1) is 0 Å². The molecule has 1 saturated carbocycles. The Kier molecular flexibility index (Phi) is 5.45. The Balaban J connectivity index is 2.06. The third-order valence-electron chi connectivity index (χ3n) is 5.43. The van der Waals surface area contributed by atoms with Gasteiger partial charge in [0.25, 0.3) is 0 Å². The van der Waals surface area contributed by atoms with E-state index in [1.165, 1.54) is 12.5 Å². The van der Waals surface area contributed by atoms with Gasteiger partial charge in [0.05, 0.1) is 0 Å². The molecule has 0 aromatic heterocycles. The maximum absolute atomic E-state index is 12.3. The van der Waals surface area contributed by atoms with Gasteiger partial charge < -0.3 is 10.4 Å². The van der Waals surface area contributed by atoms with Crippen molar-refractivity contribution in [1.29, 1.82) is 0 Å². The maximum Gasteiger partial charge on any atom is 0.325 e. The summed E-state index contributed by atoms with van der Waals surface area (Å²) in [6.45, 7) is 6.01. The molecule has 0 saturated heterocycles. The molecule has 2 rings (SSSR count).